The molecule has 110 valence electrons. The summed E-state index contributed by atoms with van der Waals surface area (Å²) in [4.78, 5) is 21.3. The lowest BCUT2D eigenvalue weighted by atomic mass is 10.2. The number of aromatic nitrogens is 1. The molecule has 3 rings (SSSR count). The summed E-state index contributed by atoms with van der Waals surface area (Å²) in [6, 6.07) is 17.5. The number of hydrogen-bond donors (Lipinski definition) is 0. The number of rotatable bonds is 5. The first kappa shape index (κ1) is 14.7. The van der Waals surface area contributed by atoms with E-state index in [1.807, 2.05) is 54.6 Å². The Balaban J connectivity index is 1.52. The molecule has 1 heterocycles. The summed E-state index contributed by atoms with van der Waals surface area (Å²) in [5, 5.41) is 3.50. The van der Waals surface area contributed by atoms with E-state index in [1.54, 1.807) is 0 Å². The van der Waals surface area contributed by atoms with Crippen molar-refractivity contribution in [2.45, 2.75) is 10.9 Å². The number of oxime groups is 1. The molecule has 22 heavy (non-hydrogen) atoms. The molecular formula is C16H12N2O2S2. The van der Waals surface area contributed by atoms with Gasteiger partial charge in [0.05, 0.1) is 10.2 Å². The average molecular weight is 328 g/mol. The molecule has 1 aromatic heterocycles. The van der Waals surface area contributed by atoms with Gasteiger partial charge in [0.1, 0.15) is 12.8 Å². The van der Waals surface area contributed by atoms with Crippen LogP contribution in [0.5, 0.6) is 0 Å². The molecule has 0 N–H and O–H groups in total. The minimum absolute atomic E-state index is 0.202. The van der Waals surface area contributed by atoms with Crippen molar-refractivity contribution >= 4 is 44.6 Å². The number of thiazole rings is 1. The van der Waals surface area contributed by atoms with E-state index < -0.39 is 0 Å². The van der Waals surface area contributed by atoms with Crippen LogP contribution in [0.15, 0.2) is 64.1 Å². The summed E-state index contributed by atoms with van der Waals surface area (Å²) >= 11 is 2.54. The van der Waals surface area contributed by atoms with E-state index in [0.717, 1.165) is 27.5 Å². The van der Waals surface area contributed by atoms with Crippen molar-refractivity contribution in [3.63, 3.8) is 0 Å². The number of hydrogen-bond acceptors (Lipinski definition) is 6. The minimum Gasteiger partial charge on any atom is -0.391 e. The van der Waals surface area contributed by atoms with Crippen molar-refractivity contribution in [3.8, 4) is 0 Å². The van der Waals surface area contributed by atoms with Gasteiger partial charge in [0.15, 0.2) is 4.34 Å². The van der Waals surface area contributed by atoms with E-state index in [0.29, 0.717) is 10.9 Å². The molecule has 0 saturated carbocycles. The van der Waals surface area contributed by atoms with Crippen molar-refractivity contribution in [2.24, 2.45) is 5.16 Å². The summed E-state index contributed by atoms with van der Waals surface area (Å²) in [5.74, 6) is 0. The highest BCUT2D eigenvalue weighted by Crippen LogP contribution is 2.29. The van der Waals surface area contributed by atoms with E-state index in [2.05, 4.69) is 10.1 Å². The van der Waals surface area contributed by atoms with Gasteiger partial charge in [0, 0.05) is 0 Å². The Morgan fingerprint density at radius 3 is 2.77 bits per heavy atom. The van der Waals surface area contributed by atoms with Gasteiger partial charge < -0.3 is 4.84 Å². The quantitative estimate of drug-likeness (QED) is 0.402. The molecule has 0 spiro atoms. The van der Waals surface area contributed by atoms with Gasteiger partial charge in [-0.1, -0.05) is 47.6 Å². The largest absolute Gasteiger partial charge is 0.391 e. The monoisotopic (exact) mass is 328 g/mol. The Kier molecular flexibility index (Phi) is 4.82. The molecule has 0 fully saturated rings. The Morgan fingerprint density at radius 1 is 1.18 bits per heavy atom. The second-order valence-corrected chi connectivity index (χ2v) is 6.64. The van der Waals surface area contributed by atoms with Crippen LogP contribution in [0.1, 0.15) is 5.56 Å². The molecular weight excluding hydrogens is 316 g/mol. The summed E-state index contributed by atoms with van der Waals surface area (Å²) < 4.78 is 1.77. The first-order valence-corrected chi connectivity index (χ1v) is 8.21. The van der Waals surface area contributed by atoms with Crippen molar-refractivity contribution in [1.29, 1.82) is 0 Å². The maximum absolute atomic E-state index is 11.8. The van der Waals surface area contributed by atoms with Crippen LogP contribution in [-0.2, 0) is 16.2 Å². The van der Waals surface area contributed by atoms with Crippen molar-refractivity contribution < 1.29 is 9.63 Å². The fourth-order valence-corrected chi connectivity index (χ4v) is 3.56. The lowest BCUT2D eigenvalue weighted by Gasteiger charge is -1.97. The van der Waals surface area contributed by atoms with Gasteiger partial charge >= 0.3 is 0 Å². The molecule has 0 aliphatic rings. The summed E-state index contributed by atoms with van der Waals surface area (Å²) in [7, 11) is 0. The lowest BCUT2D eigenvalue weighted by molar-refractivity contribution is -0.105. The normalized spacial score (nSPS) is 11.1. The van der Waals surface area contributed by atoms with Crippen LogP contribution in [0, 0.1) is 0 Å². The predicted molar refractivity (Wildman–Crippen MR) is 90.2 cm³/mol. The smallest absolute Gasteiger partial charge is 0.240 e. The van der Waals surface area contributed by atoms with Crippen LogP contribution in [0.2, 0.25) is 0 Å². The standard InChI is InChI=1S/C16H12N2O2S2/c19-15(10-17-20-11-12-6-2-1-3-7-12)22-16-18-13-8-4-5-9-14(13)21-16/h1-10H,11H2. The molecule has 0 aliphatic carbocycles. The maximum atomic E-state index is 11.8. The van der Waals surface area contributed by atoms with E-state index in [9.17, 15) is 4.79 Å². The summed E-state index contributed by atoms with van der Waals surface area (Å²) in [5.41, 5.74) is 1.91. The molecule has 0 bridgehead atoms. The SMILES string of the molecule is O=C(C=NOCc1ccccc1)Sc1nc2ccccc2s1. The Labute approximate surface area is 135 Å². The van der Waals surface area contributed by atoms with E-state index in [4.69, 9.17) is 4.84 Å². The van der Waals surface area contributed by atoms with Gasteiger partial charge in [0.25, 0.3) is 0 Å². The number of carbonyl (C=O) groups excluding carboxylic acids is 1. The first-order valence-electron chi connectivity index (χ1n) is 6.58. The first-order chi connectivity index (χ1) is 10.8. The molecule has 2 aromatic carbocycles. The van der Waals surface area contributed by atoms with Crippen molar-refractivity contribution in [1.82, 2.24) is 4.98 Å². The van der Waals surface area contributed by atoms with Crippen molar-refractivity contribution in [3.05, 3.63) is 60.2 Å². The molecule has 0 aliphatic heterocycles. The average Bonchev–Trinajstić information content (AvgIpc) is 2.94. The van der Waals surface area contributed by atoms with E-state index >= 15 is 0 Å². The number of nitrogens with zero attached hydrogens (tertiary/aromatic N) is 2. The van der Waals surface area contributed by atoms with E-state index in [-0.39, 0.29) is 5.12 Å². The van der Waals surface area contributed by atoms with Gasteiger partial charge in [-0.2, -0.15) is 0 Å². The third kappa shape index (κ3) is 3.93. The van der Waals surface area contributed by atoms with Gasteiger partial charge in [0.2, 0.25) is 5.12 Å². The zero-order chi connectivity index (χ0) is 15.2. The molecule has 3 aromatic rings. The number of benzene rings is 2. The van der Waals surface area contributed by atoms with Gasteiger partial charge in [-0.3, -0.25) is 4.79 Å². The van der Waals surface area contributed by atoms with E-state index in [1.165, 1.54) is 17.6 Å². The zero-order valence-electron chi connectivity index (χ0n) is 11.5. The van der Waals surface area contributed by atoms with Crippen molar-refractivity contribution in [2.75, 3.05) is 0 Å². The Hall–Kier alpha value is -2.18. The highest BCUT2D eigenvalue weighted by molar-refractivity contribution is 8.16. The van der Waals surface area contributed by atoms with Crippen LogP contribution < -0.4 is 0 Å². The van der Waals surface area contributed by atoms with Crippen LogP contribution >= 0.6 is 23.1 Å². The molecule has 6 heteroatoms. The number of fused-ring (bicyclic) bond motifs is 1. The highest BCUT2D eigenvalue weighted by Gasteiger charge is 2.08. The minimum atomic E-state index is -0.202. The number of para-hydroxylation sites is 1. The van der Waals surface area contributed by atoms with Crippen LogP contribution in [0.25, 0.3) is 10.2 Å². The van der Waals surface area contributed by atoms with Gasteiger partial charge in [-0.15, -0.1) is 11.3 Å². The summed E-state index contributed by atoms with van der Waals surface area (Å²) in [6.45, 7) is 0.344. The molecule has 4 nitrogen and oxygen atoms in total. The van der Waals surface area contributed by atoms with Crippen LogP contribution in [-0.4, -0.2) is 16.3 Å². The Morgan fingerprint density at radius 2 is 1.95 bits per heavy atom. The summed E-state index contributed by atoms with van der Waals surface area (Å²) in [6.07, 6.45) is 1.18. The van der Waals surface area contributed by atoms with Crippen LogP contribution in [0.3, 0.4) is 0 Å². The number of carbonyl (C=O) groups is 1. The third-order valence-corrected chi connectivity index (χ3v) is 4.67. The fourth-order valence-electron chi connectivity index (χ4n) is 1.77. The maximum Gasteiger partial charge on any atom is 0.240 e. The second-order valence-electron chi connectivity index (χ2n) is 4.36. The highest BCUT2D eigenvalue weighted by atomic mass is 32.2. The molecule has 0 saturated heterocycles. The topological polar surface area (TPSA) is 51.5 Å². The second kappa shape index (κ2) is 7.20. The zero-order valence-corrected chi connectivity index (χ0v) is 13.1. The van der Waals surface area contributed by atoms with Crippen LogP contribution in [0.4, 0.5) is 0 Å². The third-order valence-electron chi connectivity index (χ3n) is 2.77. The fraction of sp³-hybridized carbons (Fsp3) is 0.0625. The molecule has 0 unspecified atom stereocenters. The molecule has 0 radical (unpaired) electrons. The predicted octanol–water partition coefficient (Wildman–Crippen LogP) is 4.12. The lowest BCUT2D eigenvalue weighted by Crippen LogP contribution is -1.94. The molecule has 0 amide bonds. The van der Waals surface area contributed by atoms with Gasteiger partial charge in [-0.25, -0.2) is 4.98 Å². The molecule has 0 atom stereocenters. The number of thioether (sulfide) groups is 1. The Bertz CT molecular complexity index is 767. The van der Waals surface area contributed by atoms with Gasteiger partial charge in [-0.05, 0) is 29.5 Å².